The molecule has 2 heterocycles. The number of rotatable bonds is 4. The quantitative estimate of drug-likeness (QED) is 0.473. The molecule has 0 unspecified atom stereocenters. The van der Waals surface area contributed by atoms with Crippen LogP contribution in [-0.4, -0.2) is 14.8 Å². The van der Waals surface area contributed by atoms with Gasteiger partial charge in [0.2, 0.25) is 0 Å². The highest BCUT2D eigenvalue weighted by Gasteiger charge is 2.10. The largest absolute Gasteiger partial charge is 0.275 e. The lowest BCUT2D eigenvalue weighted by Crippen LogP contribution is -1.94. The first-order valence-corrected chi connectivity index (χ1v) is 9.32. The van der Waals surface area contributed by atoms with Gasteiger partial charge in [0.25, 0.3) is 0 Å². The molecule has 0 amide bonds. The summed E-state index contributed by atoms with van der Waals surface area (Å²) in [6.45, 7) is 4.21. The Balaban J connectivity index is 1.86. The first kappa shape index (κ1) is 17.2. The number of hydrogen-bond acceptors (Lipinski definition) is 2. The Morgan fingerprint density at radius 3 is 2.44 bits per heavy atom. The van der Waals surface area contributed by atoms with Crippen molar-refractivity contribution in [2.75, 3.05) is 0 Å². The van der Waals surface area contributed by atoms with Crippen LogP contribution in [0.15, 0.2) is 60.8 Å². The highest BCUT2D eigenvalue weighted by atomic mass is 15.2. The average molecular weight is 353 g/mol. The third-order valence-corrected chi connectivity index (χ3v) is 4.88. The Labute approximate surface area is 160 Å². The van der Waals surface area contributed by atoms with Gasteiger partial charge < -0.3 is 0 Å². The van der Waals surface area contributed by atoms with Gasteiger partial charge in [0, 0.05) is 35.3 Å². The number of aryl methyl sites for hydroxylation is 3. The van der Waals surface area contributed by atoms with E-state index < -0.39 is 0 Å². The molecular formula is C24H23N3. The number of benzene rings is 2. The molecule has 0 N–H and O–H groups in total. The average Bonchev–Trinajstić information content (AvgIpc) is 3.03. The summed E-state index contributed by atoms with van der Waals surface area (Å²) in [5.41, 5.74) is 7.82. The Kier molecular flexibility index (Phi) is 4.59. The molecule has 0 spiro atoms. The summed E-state index contributed by atoms with van der Waals surface area (Å²) in [5, 5.41) is 5.59. The fourth-order valence-electron chi connectivity index (χ4n) is 3.48. The van der Waals surface area contributed by atoms with Crippen molar-refractivity contribution in [2.24, 2.45) is 7.05 Å². The molecule has 0 fully saturated rings. The van der Waals surface area contributed by atoms with Gasteiger partial charge in [0.05, 0.1) is 16.9 Å². The summed E-state index contributed by atoms with van der Waals surface area (Å²) in [6.07, 6.45) is 7.26. The third kappa shape index (κ3) is 3.41. The van der Waals surface area contributed by atoms with Crippen LogP contribution in [0, 0.1) is 6.92 Å². The number of aromatic nitrogens is 3. The van der Waals surface area contributed by atoms with Crippen molar-refractivity contribution in [3.05, 3.63) is 83.2 Å². The van der Waals surface area contributed by atoms with Crippen LogP contribution in [0.2, 0.25) is 0 Å². The van der Waals surface area contributed by atoms with E-state index in [-0.39, 0.29) is 0 Å². The van der Waals surface area contributed by atoms with Crippen LogP contribution in [0.25, 0.3) is 34.3 Å². The lowest BCUT2D eigenvalue weighted by molar-refractivity contribution is 0.756. The van der Waals surface area contributed by atoms with E-state index in [1.807, 2.05) is 30.9 Å². The van der Waals surface area contributed by atoms with E-state index in [0.29, 0.717) is 0 Å². The molecule has 0 aliphatic carbocycles. The molecule has 0 bridgehead atoms. The second-order valence-corrected chi connectivity index (χ2v) is 6.81. The molecule has 0 atom stereocenters. The molecule has 0 radical (unpaired) electrons. The van der Waals surface area contributed by atoms with Crippen molar-refractivity contribution in [2.45, 2.75) is 20.3 Å². The Hall–Kier alpha value is -3.20. The molecule has 4 rings (SSSR count). The van der Waals surface area contributed by atoms with Gasteiger partial charge in [0.15, 0.2) is 0 Å². The molecule has 3 nitrogen and oxygen atoms in total. The zero-order chi connectivity index (χ0) is 18.8. The van der Waals surface area contributed by atoms with E-state index >= 15 is 0 Å². The van der Waals surface area contributed by atoms with Crippen molar-refractivity contribution < 1.29 is 0 Å². The predicted molar refractivity (Wildman–Crippen MR) is 113 cm³/mol. The van der Waals surface area contributed by atoms with E-state index in [1.165, 1.54) is 10.9 Å². The molecule has 134 valence electrons. The second kappa shape index (κ2) is 7.20. The smallest absolute Gasteiger partial charge is 0.0782 e. The Bertz CT molecular complexity index is 1120. The first-order chi connectivity index (χ1) is 13.2. The summed E-state index contributed by atoms with van der Waals surface area (Å²) in [6, 6.07) is 19.1. The molecule has 2 aromatic carbocycles. The van der Waals surface area contributed by atoms with Gasteiger partial charge in [-0.05, 0) is 25.0 Å². The third-order valence-electron chi connectivity index (χ3n) is 4.88. The molecule has 3 heteroatoms. The van der Waals surface area contributed by atoms with Gasteiger partial charge in [-0.15, -0.1) is 0 Å². The van der Waals surface area contributed by atoms with E-state index in [2.05, 4.69) is 72.7 Å². The highest BCUT2D eigenvalue weighted by molar-refractivity contribution is 5.92. The summed E-state index contributed by atoms with van der Waals surface area (Å²) in [4.78, 5) is 5.08. The minimum absolute atomic E-state index is 0.960. The molecule has 27 heavy (non-hydrogen) atoms. The van der Waals surface area contributed by atoms with Crippen LogP contribution >= 0.6 is 0 Å². The van der Waals surface area contributed by atoms with Gasteiger partial charge in [-0.2, -0.15) is 5.10 Å². The van der Waals surface area contributed by atoms with Gasteiger partial charge in [-0.1, -0.05) is 67.6 Å². The first-order valence-electron chi connectivity index (χ1n) is 9.32. The van der Waals surface area contributed by atoms with Gasteiger partial charge in [0.1, 0.15) is 0 Å². The van der Waals surface area contributed by atoms with Crippen molar-refractivity contribution in [3.63, 3.8) is 0 Å². The van der Waals surface area contributed by atoms with Crippen LogP contribution in [0.4, 0.5) is 0 Å². The number of pyridine rings is 1. The van der Waals surface area contributed by atoms with Crippen LogP contribution in [-0.2, 0) is 13.5 Å². The maximum atomic E-state index is 5.08. The minimum atomic E-state index is 0.960. The van der Waals surface area contributed by atoms with E-state index in [9.17, 15) is 0 Å². The van der Waals surface area contributed by atoms with E-state index in [1.54, 1.807) is 0 Å². The van der Waals surface area contributed by atoms with Crippen molar-refractivity contribution in [1.82, 2.24) is 14.8 Å². The molecular weight excluding hydrogens is 330 g/mol. The molecule has 0 saturated heterocycles. The molecule has 0 aliphatic heterocycles. The van der Waals surface area contributed by atoms with Gasteiger partial charge >= 0.3 is 0 Å². The number of para-hydroxylation sites is 1. The number of fused-ring (bicyclic) bond motifs is 1. The van der Waals surface area contributed by atoms with E-state index in [4.69, 9.17) is 4.98 Å². The second-order valence-electron chi connectivity index (χ2n) is 6.81. The molecule has 0 saturated carbocycles. The lowest BCUT2D eigenvalue weighted by atomic mass is 10.00. The van der Waals surface area contributed by atoms with Crippen LogP contribution in [0.5, 0.6) is 0 Å². The number of nitrogens with zero attached hydrogens (tertiary/aromatic N) is 3. The summed E-state index contributed by atoms with van der Waals surface area (Å²) in [7, 11) is 1.95. The van der Waals surface area contributed by atoms with Crippen molar-refractivity contribution >= 4 is 23.1 Å². The highest BCUT2D eigenvalue weighted by Crippen LogP contribution is 2.28. The maximum Gasteiger partial charge on any atom is 0.0782 e. The Morgan fingerprint density at radius 2 is 1.74 bits per heavy atom. The van der Waals surface area contributed by atoms with Crippen molar-refractivity contribution in [1.29, 1.82) is 0 Å². The topological polar surface area (TPSA) is 30.7 Å². The standard InChI is InChI=1S/C24H23N3/c1-4-18-15-21-12-8-11-20(13-14-22-16-27(3)26-17(22)2)24(21)25-23(18)19-9-6-5-7-10-19/h5-16H,4H2,1-3H3/b14-13-. The fraction of sp³-hybridized carbons (Fsp3) is 0.167. The summed E-state index contributed by atoms with van der Waals surface area (Å²) in [5.74, 6) is 0. The Morgan fingerprint density at radius 1 is 0.963 bits per heavy atom. The van der Waals surface area contributed by atoms with Crippen LogP contribution in [0.1, 0.15) is 29.3 Å². The van der Waals surface area contributed by atoms with Crippen molar-refractivity contribution in [3.8, 4) is 11.3 Å². The molecule has 0 aliphatic rings. The lowest BCUT2D eigenvalue weighted by Gasteiger charge is -2.11. The van der Waals surface area contributed by atoms with Crippen LogP contribution < -0.4 is 0 Å². The summed E-state index contributed by atoms with van der Waals surface area (Å²) < 4.78 is 1.84. The predicted octanol–water partition coefficient (Wildman–Crippen LogP) is 5.68. The van der Waals surface area contributed by atoms with E-state index in [0.717, 1.165) is 40.0 Å². The fourth-order valence-corrected chi connectivity index (χ4v) is 3.48. The maximum absolute atomic E-state index is 5.08. The zero-order valence-corrected chi connectivity index (χ0v) is 16.0. The SMILES string of the molecule is CCc1cc2cccc(/C=C\c3cn(C)nc3C)c2nc1-c1ccccc1. The number of hydrogen-bond donors (Lipinski definition) is 0. The molecule has 2 aromatic heterocycles. The summed E-state index contributed by atoms with van der Waals surface area (Å²) >= 11 is 0. The minimum Gasteiger partial charge on any atom is -0.275 e. The van der Waals surface area contributed by atoms with Crippen LogP contribution in [0.3, 0.4) is 0 Å². The normalized spacial score (nSPS) is 11.5. The zero-order valence-electron chi connectivity index (χ0n) is 16.0. The monoisotopic (exact) mass is 353 g/mol. The van der Waals surface area contributed by atoms with Gasteiger partial charge in [-0.25, -0.2) is 4.98 Å². The molecule has 4 aromatic rings. The van der Waals surface area contributed by atoms with Gasteiger partial charge in [-0.3, -0.25) is 4.68 Å².